The zero-order valence-electron chi connectivity index (χ0n) is 40.1. The minimum absolute atomic E-state index is 0.0990. The fourth-order valence-electron chi connectivity index (χ4n) is 11.0. The molecule has 0 aromatic heterocycles. The van der Waals surface area contributed by atoms with Crippen molar-refractivity contribution in [3.8, 4) is 0 Å². The van der Waals surface area contributed by atoms with Crippen molar-refractivity contribution in [2.75, 3.05) is 42.6 Å². The Morgan fingerprint density at radius 2 is 1.31 bits per heavy atom. The second-order valence-corrected chi connectivity index (χ2v) is 25.6. The van der Waals surface area contributed by atoms with Gasteiger partial charge in [-0.2, -0.15) is 4.58 Å². The Kier molecular flexibility index (Phi) is 15.5. The summed E-state index contributed by atoms with van der Waals surface area (Å²) in [6, 6.07) is 25.5. The average molecular weight is 987 g/mol. The Morgan fingerprint density at radius 1 is 0.721 bits per heavy atom. The van der Waals surface area contributed by atoms with Gasteiger partial charge in [-0.3, -0.25) is 14.4 Å². The molecule has 0 radical (unpaired) electrons. The molecule has 4 heterocycles. The third-order valence-electron chi connectivity index (χ3n) is 14.6. The van der Waals surface area contributed by atoms with Gasteiger partial charge < -0.3 is 20.6 Å². The summed E-state index contributed by atoms with van der Waals surface area (Å²) in [4.78, 5) is 42.5. The van der Waals surface area contributed by atoms with E-state index in [0.717, 1.165) is 80.5 Å². The van der Waals surface area contributed by atoms with Crippen LogP contribution in [0.4, 0.5) is 11.4 Å². The lowest BCUT2D eigenvalue weighted by Gasteiger charge is -2.33. The van der Waals surface area contributed by atoms with E-state index in [1.807, 2.05) is 55.3 Å². The number of unbranched alkanes of at least 4 members (excludes halogenated alkanes) is 2. The molecule has 8 nitrogen and oxygen atoms in total. The molecule has 2 N–H and O–H groups in total. The van der Waals surface area contributed by atoms with Gasteiger partial charge in [-0.25, -0.2) is 0 Å². The van der Waals surface area contributed by atoms with Crippen LogP contribution in [0.5, 0.6) is 0 Å². The highest BCUT2D eigenvalue weighted by atomic mass is 33.1. The first-order valence-electron chi connectivity index (χ1n) is 24.9. The maximum Gasteiger partial charge on any atom is 0.219 e. The Balaban J connectivity index is 0.943. The molecule has 5 aliphatic rings. The number of ketones is 1. The molecule has 2 amide bonds. The third kappa shape index (κ3) is 10.2. The summed E-state index contributed by atoms with van der Waals surface area (Å²) in [5.74, 6) is 2.20. The molecular weight excluding hydrogens is 921 g/mol. The van der Waals surface area contributed by atoms with Crippen LogP contribution in [-0.4, -0.2) is 76.1 Å². The third-order valence-corrected chi connectivity index (χ3v) is 20.6. The fraction of sp³-hybridized carbons (Fsp3) is 0.464. The van der Waals surface area contributed by atoms with Gasteiger partial charge in [0, 0.05) is 107 Å². The van der Waals surface area contributed by atoms with Crippen molar-refractivity contribution in [3.63, 3.8) is 0 Å². The molecule has 4 aromatic carbocycles. The summed E-state index contributed by atoms with van der Waals surface area (Å²) < 4.78 is 2.27. The molecule has 2 unspecified atom stereocenters. The molecule has 0 bridgehead atoms. The van der Waals surface area contributed by atoms with Gasteiger partial charge in [-0.1, -0.05) is 130 Å². The van der Waals surface area contributed by atoms with E-state index in [-0.39, 0.29) is 34.5 Å². The number of fused-ring (bicyclic) bond motifs is 6. The smallest absolute Gasteiger partial charge is 0.219 e. The summed E-state index contributed by atoms with van der Waals surface area (Å²) in [5, 5.41) is 26.9. The van der Waals surface area contributed by atoms with Gasteiger partial charge >= 0.3 is 0 Å². The fourth-order valence-corrected chi connectivity index (χ4v) is 17.0. The quantitative estimate of drug-likeness (QED) is 0.0388. The lowest BCUT2D eigenvalue weighted by Crippen LogP contribution is -2.35. The average Bonchev–Trinajstić information content (AvgIpc) is 4.14. The molecule has 9 rings (SSSR count). The Bertz CT molecular complexity index is 2710. The maximum absolute atomic E-state index is 14.5. The van der Waals surface area contributed by atoms with Crippen LogP contribution < -0.4 is 20.6 Å². The summed E-state index contributed by atoms with van der Waals surface area (Å²) in [6.07, 6.45) is 15.2. The van der Waals surface area contributed by atoms with E-state index in [2.05, 4.69) is 121 Å². The standard InChI is InChI=1S/C56H66N4O4S4/c1-55(2)47(59(45-25-23-37-15-5-9-19-41(37)51(45)55)31-13-29-57-49(61)21-11-7-17-39-27-33-65-67-39)35-43-53(63)44(54(43)64)36-48-56(3,4)52-42-20-10-6-16-38(42)24-26-46(52)60(48)32-14-30-58-50(62)22-12-8-18-40-28-34-66-68-40/h5-6,9-10,15-16,19-20,23-26,35-36,39-40H,7-8,11-14,17-18,21-22,27-34H2,1-4H3,(H2-,57,58,61,62,63,64). The topological polar surface area (TPSA) is 105 Å². The second-order valence-electron chi connectivity index (χ2n) is 20.0. The number of hydrogen-bond acceptors (Lipinski definition) is 9. The molecule has 2 fully saturated rings. The molecule has 4 aliphatic heterocycles. The molecule has 1 aliphatic carbocycles. The second kappa shape index (κ2) is 21.5. The highest BCUT2D eigenvalue weighted by Gasteiger charge is 2.47. The zero-order chi connectivity index (χ0) is 47.4. The van der Waals surface area contributed by atoms with Crippen molar-refractivity contribution in [1.29, 1.82) is 0 Å². The van der Waals surface area contributed by atoms with Gasteiger partial charge in [-0.05, 0) is 104 Å². The van der Waals surface area contributed by atoms with Crippen LogP contribution in [0.25, 0.3) is 21.5 Å². The van der Waals surface area contributed by atoms with Crippen LogP contribution in [0, 0.1) is 0 Å². The maximum atomic E-state index is 14.5. The number of anilines is 1. The van der Waals surface area contributed by atoms with E-state index in [1.165, 1.54) is 48.3 Å². The monoisotopic (exact) mass is 986 g/mol. The number of amides is 2. The predicted octanol–water partition coefficient (Wildman–Crippen LogP) is 11.6. The van der Waals surface area contributed by atoms with Crippen LogP contribution in [0.2, 0.25) is 0 Å². The van der Waals surface area contributed by atoms with Gasteiger partial charge in [0.2, 0.25) is 17.5 Å². The van der Waals surface area contributed by atoms with Crippen molar-refractivity contribution < 1.29 is 24.1 Å². The van der Waals surface area contributed by atoms with Gasteiger partial charge in [0.25, 0.3) is 0 Å². The summed E-state index contributed by atoms with van der Waals surface area (Å²) in [6.45, 7) is 11.1. The number of carbonyl (C=O) groups is 3. The van der Waals surface area contributed by atoms with Crippen LogP contribution >= 0.6 is 43.2 Å². The summed E-state index contributed by atoms with van der Waals surface area (Å²) in [7, 11) is 7.93. The Morgan fingerprint density at radius 3 is 1.91 bits per heavy atom. The van der Waals surface area contributed by atoms with Gasteiger partial charge in [-0.15, -0.1) is 0 Å². The van der Waals surface area contributed by atoms with Crippen LogP contribution in [0.15, 0.2) is 108 Å². The first-order valence-corrected chi connectivity index (χ1v) is 29.7. The number of nitrogens with one attached hydrogen (secondary N) is 2. The van der Waals surface area contributed by atoms with Crippen molar-refractivity contribution in [2.45, 2.75) is 126 Å². The van der Waals surface area contributed by atoms with E-state index >= 15 is 0 Å². The Hall–Kier alpha value is -4.10. The highest BCUT2D eigenvalue weighted by Crippen LogP contribution is 2.52. The molecule has 2 atom stereocenters. The number of hydrogen-bond donors (Lipinski definition) is 2. The van der Waals surface area contributed by atoms with E-state index in [4.69, 9.17) is 0 Å². The molecular formula is C56H66N4O4S4. The molecule has 4 aromatic rings. The van der Waals surface area contributed by atoms with Crippen LogP contribution in [-0.2, 0) is 25.2 Å². The van der Waals surface area contributed by atoms with Crippen molar-refractivity contribution in [1.82, 2.24) is 10.6 Å². The van der Waals surface area contributed by atoms with Gasteiger partial charge in [0.15, 0.2) is 18.0 Å². The molecule has 0 saturated carbocycles. The number of nitrogens with zero attached hydrogens (tertiary/aromatic N) is 2. The number of carbonyl (C=O) groups excluding carboxylic acids is 3. The van der Waals surface area contributed by atoms with Crippen molar-refractivity contribution >= 4 is 99.4 Å². The van der Waals surface area contributed by atoms with Crippen molar-refractivity contribution in [3.05, 3.63) is 119 Å². The number of Topliss-reactive ketones (excluding diaryl/α,β-unsaturated/α-hetero) is 1. The van der Waals surface area contributed by atoms with E-state index in [1.54, 1.807) is 0 Å². The summed E-state index contributed by atoms with van der Waals surface area (Å²) in [5.41, 5.74) is 5.73. The molecule has 358 valence electrons. The number of benzene rings is 4. The molecule has 68 heavy (non-hydrogen) atoms. The largest absolute Gasteiger partial charge is 0.871 e. The predicted molar refractivity (Wildman–Crippen MR) is 288 cm³/mol. The summed E-state index contributed by atoms with van der Waals surface area (Å²) >= 11 is 0. The van der Waals surface area contributed by atoms with E-state index in [9.17, 15) is 19.5 Å². The molecule has 0 spiro atoms. The van der Waals surface area contributed by atoms with Crippen LogP contribution in [0.3, 0.4) is 0 Å². The van der Waals surface area contributed by atoms with Crippen molar-refractivity contribution in [2.24, 2.45) is 0 Å². The SMILES string of the molecule is CC1(C)C(/C=C2\C(=O)C(/C=C3\N(CCCNC(=O)CCCCC4CCSS4)c4ccc5ccccc5c4C3(C)C)=C2[O-])=[N+](CCCNC(=O)CCCCC2CCSS2)c2ccc3ccccc3c21. The minimum Gasteiger partial charge on any atom is -0.871 e. The first-order chi connectivity index (χ1) is 32.9. The Labute approximate surface area is 418 Å². The first kappa shape index (κ1) is 48.9. The molecule has 12 heteroatoms. The van der Waals surface area contributed by atoms with Crippen LogP contribution in [0.1, 0.15) is 116 Å². The van der Waals surface area contributed by atoms with Gasteiger partial charge in [0.1, 0.15) is 0 Å². The highest BCUT2D eigenvalue weighted by molar-refractivity contribution is 8.77. The van der Waals surface area contributed by atoms with E-state index in [0.29, 0.717) is 51.9 Å². The lowest BCUT2D eigenvalue weighted by atomic mass is 9.76. The molecule has 2 saturated heterocycles. The van der Waals surface area contributed by atoms with Gasteiger partial charge in [0.05, 0.1) is 5.41 Å². The minimum atomic E-state index is -0.506. The lowest BCUT2D eigenvalue weighted by molar-refractivity contribution is -0.437. The zero-order valence-corrected chi connectivity index (χ0v) is 43.4. The number of allylic oxidation sites excluding steroid dienone is 5. The number of rotatable bonds is 20. The normalized spacial score (nSPS) is 21.6. The van der Waals surface area contributed by atoms with E-state index < -0.39 is 10.8 Å².